The molecule has 0 unspecified atom stereocenters. The lowest BCUT2D eigenvalue weighted by molar-refractivity contribution is -0.123. The second-order valence-corrected chi connectivity index (χ2v) is 5.95. The van der Waals surface area contributed by atoms with Crippen molar-refractivity contribution in [3.63, 3.8) is 0 Å². The fourth-order valence-electron chi connectivity index (χ4n) is 1.73. The Hall–Kier alpha value is -1.55. The van der Waals surface area contributed by atoms with Gasteiger partial charge in [-0.15, -0.1) is 0 Å². The van der Waals surface area contributed by atoms with Gasteiger partial charge in [0.05, 0.1) is 0 Å². The Bertz CT molecular complexity index is 455. The molecule has 0 aliphatic carbocycles. The van der Waals surface area contributed by atoms with Gasteiger partial charge < -0.3 is 15.2 Å². The molecule has 0 aromatic heterocycles. The molecule has 2 N–H and O–H groups in total. The molecular formula is C16H25NO3. The van der Waals surface area contributed by atoms with E-state index < -0.39 is 0 Å². The van der Waals surface area contributed by atoms with Crippen molar-refractivity contribution >= 4 is 5.91 Å². The maximum atomic E-state index is 11.7. The zero-order valence-corrected chi connectivity index (χ0v) is 12.8. The Morgan fingerprint density at radius 3 is 2.60 bits per heavy atom. The number of nitrogens with one attached hydrogen (secondary N) is 1. The topological polar surface area (TPSA) is 58.6 Å². The summed E-state index contributed by atoms with van der Waals surface area (Å²) < 4.78 is 5.47. The molecule has 0 heterocycles. The van der Waals surface area contributed by atoms with E-state index in [0.29, 0.717) is 18.7 Å². The van der Waals surface area contributed by atoms with Crippen LogP contribution < -0.4 is 10.1 Å². The minimum Gasteiger partial charge on any atom is -0.484 e. The molecule has 0 aliphatic rings. The van der Waals surface area contributed by atoms with Gasteiger partial charge in [0.1, 0.15) is 5.75 Å². The number of carbonyl (C=O) groups excluding carboxylic acids is 1. The molecule has 0 fully saturated rings. The number of aryl methyl sites for hydroxylation is 2. The summed E-state index contributed by atoms with van der Waals surface area (Å²) in [5.74, 6) is 0.562. The lowest BCUT2D eigenvalue weighted by atomic mass is 9.90. The van der Waals surface area contributed by atoms with E-state index in [4.69, 9.17) is 9.84 Å². The second kappa shape index (κ2) is 7.29. The number of rotatable bonds is 7. The zero-order valence-electron chi connectivity index (χ0n) is 12.8. The average molecular weight is 279 g/mol. The van der Waals surface area contributed by atoms with E-state index in [1.54, 1.807) is 0 Å². The summed E-state index contributed by atoms with van der Waals surface area (Å²) in [6.45, 7) is 8.73. The van der Waals surface area contributed by atoms with Crippen molar-refractivity contribution in [1.82, 2.24) is 5.32 Å². The minimum atomic E-state index is -0.144. The monoisotopic (exact) mass is 279 g/mol. The lowest BCUT2D eigenvalue weighted by Gasteiger charge is -2.23. The SMILES string of the molecule is Cc1ccc(OCC(=O)NCC(C)(C)CCO)cc1C. The molecule has 1 aromatic carbocycles. The van der Waals surface area contributed by atoms with Crippen LogP contribution >= 0.6 is 0 Å². The minimum absolute atomic E-state index is 0.0116. The molecule has 1 rings (SSSR count). The highest BCUT2D eigenvalue weighted by atomic mass is 16.5. The molecule has 1 aromatic rings. The number of benzene rings is 1. The van der Waals surface area contributed by atoms with Crippen LogP contribution in [0.25, 0.3) is 0 Å². The number of hydrogen-bond acceptors (Lipinski definition) is 3. The molecule has 112 valence electrons. The molecule has 0 atom stereocenters. The Morgan fingerprint density at radius 1 is 1.30 bits per heavy atom. The van der Waals surface area contributed by atoms with Crippen LogP contribution in [0.2, 0.25) is 0 Å². The van der Waals surface area contributed by atoms with E-state index in [1.165, 1.54) is 5.56 Å². The molecular weight excluding hydrogens is 254 g/mol. The van der Waals surface area contributed by atoms with Crippen LogP contribution in [0.4, 0.5) is 0 Å². The van der Waals surface area contributed by atoms with E-state index in [-0.39, 0.29) is 24.5 Å². The first-order chi connectivity index (χ1) is 9.34. The molecule has 4 nitrogen and oxygen atoms in total. The van der Waals surface area contributed by atoms with Gasteiger partial charge in [-0.3, -0.25) is 4.79 Å². The first kappa shape index (κ1) is 16.5. The summed E-state index contributed by atoms with van der Waals surface area (Å²) in [6.07, 6.45) is 0.658. The normalized spacial score (nSPS) is 11.2. The van der Waals surface area contributed by atoms with Gasteiger partial charge in [-0.2, -0.15) is 0 Å². The summed E-state index contributed by atoms with van der Waals surface area (Å²) in [5.41, 5.74) is 2.24. The molecule has 0 saturated carbocycles. The van der Waals surface area contributed by atoms with Crippen LogP contribution in [0.1, 0.15) is 31.4 Å². The van der Waals surface area contributed by atoms with Crippen molar-refractivity contribution in [3.05, 3.63) is 29.3 Å². The summed E-state index contributed by atoms with van der Waals surface area (Å²) in [4.78, 5) is 11.7. The van der Waals surface area contributed by atoms with Crippen molar-refractivity contribution in [2.45, 2.75) is 34.1 Å². The van der Waals surface area contributed by atoms with Crippen LogP contribution in [0.3, 0.4) is 0 Å². The number of aliphatic hydroxyl groups excluding tert-OH is 1. The Kier molecular flexibility index (Phi) is 6.02. The summed E-state index contributed by atoms with van der Waals surface area (Å²) in [7, 11) is 0. The zero-order chi connectivity index (χ0) is 15.2. The van der Waals surface area contributed by atoms with E-state index in [9.17, 15) is 4.79 Å². The molecule has 1 amide bonds. The number of amides is 1. The van der Waals surface area contributed by atoms with Crippen LogP contribution in [-0.2, 0) is 4.79 Å². The molecule has 0 bridgehead atoms. The van der Waals surface area contributed by atoms with Gasteiger partial charge in [-0.25, -0.2) is 0 Å². The number of carbonyl (C=O) groups is 1. The van der Waals surface area contributed by atoms with Crippen molar-refractivity contribution in [3.8, 4) is 5.75 Å². The third-order valence-electron chi connectivity index (χ3n) is 3.40. The maximum absolute atomic E-state index is 11.7. The van der Waals surface area contributed by atoms with Crippen molar-refractivity contribution < 1.29 is 14.6 Å². The van der Waals surface area contributed by atoms with Gasteiger partial charge in [-0.05, 0) is 48.9 Å². The van der Waals surface area contributed by atoms with Crippen molar-refractivity contribution in [2.75, 3.05) is 19.8 Å². The van der Waals surface area contributed by atoms with Crippen LogP contribution in [-0.4, -0.2) is 30.8 Å². The van der Waals surface area contributed by atoms with Crippen LogP contribution in [0.5, 0.6) is 5.75 Å². The standard InChI is InChI=1S/C16H25NO3/c1-12-5-6-14(9-13(12)2)20-10-15(19)17-11-16(3,4)7-8-18/h5-6,9,18H,7-8,10-11H2,1-4H3,(H,17,19). The predicted molar refractivity (Wildman–Crippen MR) is 79.9 cm³/mol. The van der Waals surface area contributed by atoms with E-state index in [2.05, 4.69) is 5.32 Å². The third-order valence-corrected chi connectivity index (χ3v) is 3.40. The fourth-order valence-corrected chi connectivity index (χ4v) is 1.73. The molecule has 0 saturated heterocycles. The molecule has 0 radical (unpaired) electrons. The smallest absolute Gasteiger partial charge is 0.257 e. The molecule has 4 heteroatoms. The summed E-state index contributed by atoms with van der Waals surface area (Å²) in [5, 5.41) is 11.8. The van der Waals surface area contributed by atoms with Gasteiger partial charge in [0.15, 0.2) is 6.61 Å². The van der Waals surface area contributed by atoms with Gasteiger partial charge >= 0.3 is 0 Å². The van der Waals surface area contributed by atoms with E-state index >= 15 is 0 Å². The number of aliphatic hydroxyl groups is 1. The van der Waals surface area contributed by atoms with Crippen molar-refractivity contribution in [1.29, 1.82) is 0 Å². The van der Waals surface area contributed by atoms with E-state index in [0.717, 1.165) is 5.56 Å². The van der Waals surface area contributed by atoms with Gasteiger partial charge in [0, 0.05) is 13.2 Å². The number of ether oxygens (including phenoxy) is 1. The fraction of sp³-hybridized carbons (Fsp3) is 0.562. The largest absolute Gasteiger partial charge is 0.484 e. The highest BCUT2D eigenvalue weighted by Crippen LogP contribution is 2.18. The maximum Gasteiger partial charge on any atom is 0.257 e. The molecule has 0 aliphatic heterocycles. The highest BCUT2D eigenvalue weighted by Gasteiger charge is 2.18. The van der Waals surface area contributed by atoms with Gasteiger partial charge in [0.25, 0.3) is 5.91 Å². The Labute approximate surface area is 121 Å². The van der Waals surface area contributed by atoms with E-state index in [1.807, 2.05) is 45.9 Å². The van der Waals surface area contributed by atoms with Crippen LogP contribution in [0.15, 0.2) is 18.2 Å². The summed E-state index contributed by atoms with van der Waals surface area (Å²) in [6, 6.07) is 5.77. The third kappa shape index (κ3) is 5.61. The van der Waals surface area contributed by atoms with Gasteiger partial charge in [-0.1, -0.05) is 19.9 Å². The molecule has 0 spiro atoms. The summed E-state index contributed by atoms with van der Waals surface area (Å²) >= 11 is 0. The predicted octanol–water partition coefficient (Wildman–Crippen LogP) is 2.21. The first-order valence-corrected chi connectivity index (χ1v) is 6.92. The average Bonchev–Trinajstić information content (AvgIpc) is 2.38. The van der Waals surface area contributed by atoms with Gasteiger partial charge in [0.2, 0.25) is 0 Å². The Morgan fingerprint density at radius 2 is 2.00 bits per heavy atom. The second-order valence-electron chi connectivity index (χ2n) is 5.95. The van der Waals surface area contributed by atoms with Crippen LogP contribution in [0, 0.1) is 19.3 Å². The van der Waals surface area contributed by atoms with Crippen molar-refractivity contribution in [2.24, 2.45) is 5.41 Å². The quantitative estimate of drug-likeness (QED) is 0.804. The Balaban J connectivity index is 2.38. The molecule has 20 heavy (non-hydrogen) atoms. The highest BCUT2D eigenvalue weighted by molar-refractivity contribution is 5.77. The lowest BCUT2D eigenvalue weighted by Crippen LogP contribution is -2.37. The first-order valence-electron chi connectivity index (χ1n) is 6.92. The number of hydrogen-bond donors (Lipinski definition) is 2.